The molecule has 24 heavy (non-hydrogen) atoms. The molecule has 1 fully saturated rings. The van der Waals surface area contributed by atoms with E-state index in [1.807, 2.05) is 32.9 Å². The third-order valence-corrected chi connectivity index (χ3v) is 4.05. The monoisotopic (exact) mass is 353 g/mol. The van der Waals surface area contributed by atoms with Gasteiger partial charge in [-0.1, -0.05) is 32.9 Å². The summed E-state index contributed by atoms with van der Waals surface area (Å²) in [6.07, 6.45) is 2.29. The lowest BCUT2D eigenvalue weighted by molar-refractivity contribution is -0.123. The lowest BCUT2D eigenvalue weighted by Gasteiger charge is -2.23. The molecule has 0 aliphatic carbocycles. The summed E-state index contributed by atoms with van der Waals surface area (Å²) in [5.41, 5.74) is 0.567. The van der Waals surface area contributed by atoms with Gasteiger partial charge in [0.2, 0.25) is 5.91 Å². The molecule has 2 rings (SSSR count). The number of para-hydroxylation sites is 1. The Balaban J connectivity index is 0.00000288. The predicted molar refractivity (Wildman–Crippen MR) is 99.7 cm³/mol. The van der Waals surface area contributed by atoms with E-state index in [0.717, 1.165) is 25.9 Å². The van der Waals surface area contributed by atoms with Crippen molar-refractivity contribution in [3.05, 3.63) is 29.8 Å². The zero-order chi connectivity index (χ0) is 16.9. The number of nitrogens with one attached hydrogen (secondary N) is 3. The summed E-state index contributed by atoms with van der Waals surface area (Å²) in [6.45, 7) is 8.21. The van der Waals surface area contributed by atoms with Crippen molar-refractivity contribution in [3.8, 4) is 0 Å². The van der Waals surface area contributed by atoms with E-state index in [1.54, 1.807) is 12.1 Å². The SMILES string of the molecule is CC(C)(C)C(=O)Nc1ccccc1C(=O)NCC1CCCNC1.Cl. The number of hydrogen-bond donors (Lipinski definition) is 3. The fourth-order valence-electron chi connectivity index (χ4n) is 2.53. The van der Waals surface area contributed by atoms with Crippen LogP contribution in [0, 0.1) is 11.3 Å². The van der Waals surface area contributed by atoms with Crippen molar-refractivity contribution in [1.29, 1.82) is 0 Å². The van der Waals surface area contributed by atoms with E-state index in [1.165, 1.54) is 0 Å². The number of anilines is 1. The molecule has 1 aromatic carbocycles. The van der Waals surface area contributed by atoms with Gasteiger partial charge in [0.25, 0.3) is 5.91 Å². The lowest BCUT2D eigenvalue weighted by atomic mass is 9.95. The smallest absolute Gasteiger partial charge is 0.253 e. The highest BCUT2D eigenvalue weighted by Gasteiger charge is 2.23. The van der Waals surface area contributed by atoms with Crippen LogP contribution in [0.3, 0.4) is 0 Å². The van der Waals surface area contributed by atoms with Gasteiger partial charge in [0.05, 0.1) is 11.3 Å². The molecule has 0 spiro atoms. The maximum atomic E-state index is 12.5. The molecular formula is C18H28ClN3O2. The third kappa shape index (κ3) is 5.80. The van der Waals surface area contributed by atoms with Crippen LogP contribution in [0.1, 0.15) is 44.0 Å². The molecule has 0 radical (unpaired) electrons. The van der Waals surface area contributed by atoms with Crippen molar-refractivity contribution >= 4 is 29.9 Å². The van der Waals surface area contributed by atoms with E-state index in [9.17, 15) is 9.59 Å². The van der Waals surface area contributed by atoms with Crippen molar-refractivity contribution < 1.29 is 9.59 Å². The van der Waals surface area contributed by atoms with Crippen LogP contribution in [0.25, 0.3) is 0 Å². The number of hydrogen-bond acceptors (Lipinski definition) is 3. The van der Waals surface area contributed by atoms with E-state index in [2.05, 4.69) is 16.0 Å². The van der Waals surface area contributed by atoms with E-state index in [-0.39, 0.29) is 24.2 Å². The van der Waals surface area contributed by atoms with Crippen LogP contribution < -0.4 is 16.0 Å². The molecule has 0 aromatic heterocycles. The Morgan fingerprint density at radius 1 is 1.25 bits per heavy atom. The lowest BCUT2D eigenvalue weighted by Crippen LogP contribution is -2.38. The third-order valence-electron chi connectivity index (χ3n) is 4.05. The van der Waals surface area contributed by atoms with Crippen LogP contribution in [0.15, 0.2) is 24.3 Å². The van der Waals surface area contributed by atoms with Crippen LogP contribution in [-0.4, -0.2) is 31.4 Å². The zero-order valence-electron chi connectivity index (χ0n) is 14.6. The van der Waals surface area contributed by atoms with Gasteiger partial charge < -0.3 is 16.0 Å². The fraction of sp³-hybridized carbons (Fsp3) is 0.556. The van der Waals surface area contributed by atoms with Crippen LogP contribution >= 0.6 is 12.4 Å². The molecule has 5 nitrogen and oxygen atoms in total. The van der Waals surface area contributed by atoms with Crippen molar-refractivity contribution in [1.82, 2.24) is 10.6 Å². The molecule has 0 bridgehead atoms. The van der Waals surface area contributed by atoms with Gasteiger partial charge in [-0.2, -0.15) is 0 Å². The molecule has 1 aliphatic rings. The van der Waals surface area contributed by atoms with Crippen LogP contribution in [0.2, 0.25) is 0 Å². The van der Waals surface area contributed by atoms with Crippen LogP contribution in [-0.2, 0) is 4.79 Å². The Labute approximate surface area is 150 Å². The molecule has 6 heteroatoms. The Morgan fingerprint density at radius 3 is 2.58 bits per heavy atom. The van der Waals surface area contributed by atoms with Gasteiger partial charge in [-0.25, -0.2) is 0 Å². The fourth-order valence-corrected chi connectivity index (χ4v) is 2.53. The zero-order valence-corrected chi connectivity index (χ0v) is 15.5. The molecule has 1 unspecified atom stereocenters. The minimum atomic E-state index is -0.503. The first kappa shape index (κ1) is 20.5. The molecule has 1 saturated heterocycles. The minimum Gasteiger partial charge on any atom is -0.352 e. The van der Waals surface area contributed by atoms with Gasteiger partial charge in [0, 0.05) is 12.0 Å². The normalized spacial score (nSPS) is 17.5. The summed E-state index contributed by atoms with van der Waals surface area (Å²) in [6, 6.07) is 7.14. The standard InChI is InChI=1S/C18H27N3O2.ClH/c1-18(2,3)17(23)21-15-9-5-4-8-14(15)16(22)20-12-13-7-6-10-19-11-13;/h4-5,8-9,13,19H,6-7,10-12H2,1-3H3,(H,20,22)(H,21,23);1H. The highest BCUT2D eigenvalue weighted by molar-refractivity contribution is 6.04. The first-order valence-electron chi connectivity index (χ1n) is 8.27. The second-order valence-corrected chi connectivity index (χ2v) is 7.17. The number of benzene rings is 1. The van der Waals surface area contributed by atoms with Gasteiger partial charge in [-0.3, -0.25) is 9.59 Å². The van der Waals surface area contributed by atoms with E-state index < -0.39 is 5.41 Å². The van der Waals surface area contributed by atoms with Crippen molar-refractivity contribution in [2.24, 2.45) is 11.3 Å². The van der Waals surface area contributed by atoms with Gasteiger partial charge in [-0.15, -0.1) is 12.4 Å². The number of carbonyl (C=O) groups is 2. The summed E-state index contributed by atoms with van der Waals surface area (Å²) in [5, 5.41) is 9.19. The highest BCUT2D eigenvalue weighted by atomic mass is 35.5. The number of carbonyl (C=O) groups excluding carboxylic acids is 2. The first-order chi connectivity index (χ1) is 10.9. The van der Waals surface area contributed by atoms with E-state index >= 15 is 0 Å². The Morgan fingerprint density at radius 2 is 1.96 bits per heavy atom. The van der Waals surface area contributed by atoms with Gasteiger partial charge in [-0.05, 0) is 44.0 Å². The number of halogens is 1. The topological polar surface area (TPSA) is 70.2 Å². The van der Waals surface area contributed by atoms with Crippen molar-refractivity contribution in [3.63, 3.8) is 0 Å². The summed E-state index contributed by atoms with van der Waals surface area (Å²) >= 11 is 0. The molecule has 1 atom stereocenters. The number of amides is 2. The molecular weight excluding hydrogens is 326 g/mol. The Kier molecular flexibility index (Phi) is 7.70. The first-order valence-corrected chi connectivity index (χ1v) is 8.27. The average molecular weight is 354 g/mol. The van der Waals surface area contributed by atoms with Crippen LogP contribution in [0.4, 0.5) is 5.69 Å². The molecule has 3 N–H and O–H groups in total. The van der Waals surface area contributed by atoms with Crippen LogP contribution in [0.5, 0.6) is 0 Å². The molecule has 134 valence electrons. The largest absolute Gasteiger partial charge is 0.352 e. The average Bonchev–Trinajstić information content (AvgIpc) is 2.53. The van der Waals surface area contributed by atoms with Gasteiger partial charge in [0.15, 0.2) is 0 Å². The number of piperidine rings is 1. The highest BCUT2D eigenvalue weighted by Crippen LogP contribution is 2.20. The minimum absolute atomic E-state index is 0. The van der Waals surface area contributed by atoms with E-state index in [4.69, 9.17) is 0 Å². The Bertz CT molecular complexity index is 564. The maximum absolute atomic E-state index is 12.5. The molecule has 0 saturated carbocycles. The summed E-state index contributed by atoms with van der Waals surface area (Å²) in [7, 11) is 0. The summed E-state index contributed by atoms with van der Waals surface area (Å²) < 4.78 is 0. The quantitative estimate of drug-likeness (QED) is 0.779. The van der Waals surface area contributed by atoms with Gasteiger partial charge in [0.1, 0.15) is 0 Å². The van der Waals surface area contributed by atoms with Gasteiger partial charge >= 0.3 is 0 Å². The summed E-state index contributed by atoms with van der Waals surface area (Å²) in [5.74, 6) is 0.235. The molecule has 2 amide bonds. The van der Waals surface area contributed by atoms with Crippen molar-refractivity contribution in [2.75, 3.05) is 25.0 Å². The second kappa shape index (κ2) is 9.04. The molecule has 1 heterocycles. The van der Waals surface area contributed by atoms with Crippen molar-refractivity contribution in [2.45, 2.75) is 33.6 Å². The molecule has 1 aromatic rings. The second-order valence-electron chi connectivity index (χ2n) is 7.17. The van der Waals surface area contributed by atoms with E-state index in [0.29, 0.717) is 23.7 Å². The summed E-state index contributed by atoms with van der Waals surface area (Å²) in [4.78, 5) is 24.6. The maximum Gasteiger partial charge on any atom is 0.253 e. The molecule has 1 aliphatic heterocycles. The Hall–Kier alpha value is -1.59. The number of rotatable bonds is 4. The predicted octanol–water partition coefficient (Wildman–Crippen LogP) is 2.82.